The Morgan fingerprint density at radius 3 is 2.58 bits per heavy atom. The maximum atomic E-state index is 9.39. The Kier molecular flexibility index (Phi) is 2.68. The molecule has 0 atom stereocenters. The van der Waals surface area contributed by atoms with Gasteiger partial charge in [-0.15, -0.1) is 0 Å². The average molecular weight is 253 g/mol. The molecule has 19 heavy (non-hydrogen) atoms. The summed E-state index contributed by atoms with van der Waals surface area (Å²) in [5.41, 5.74) is 2.28. The molecule has 2 N–H and O–H groups in total. The van der Waals surface area contributed by atoms with E-state index >= 15 is 0 Å². The second-order valence-corrected chi connectivity index (χ2v) is 4.10. The van der Waals surface area contributed by atoms with Crippen LogP contribution in [0.4, 0.5) is 0 Å². The van der Waals surface area contributed by atoms with Gasteiger partial charge >= 0.3 is 0 Å². The first-order chi connectivity index (χ1) is 9.22. The Labute approximate surface area is 109 Å². The lowest BCUT2D eigenvalue weighted by Gasteiger charge is -1.97. The summed E-state index contributed by atoms with van der Waals surface area (Å²) in [6, 6.07) is 12.1. The third-order valence-electron chi connectivity index (χ3n) is 2.73. The Hall–Kier alpha value is -2.75. The number of phenolic OH excluding ortho intramolecular Hbond substituents is 2. The highest BCUT2D eigenvalue weighted by Gasteiger charge is 2.02. The van der Waals surface area contributed by atoms with Gasteiger partial charge in [-0.1, -0.05) is 18.2 Å². The lowest BCUT2D eigenvalue weighted by Crippen LogP contribution is -1.74. The first kappa shape index (κ1) is 11.3. The van der Waals surface area contributed by atoms with Gasteiger partial charge in [-0.05, 0) is 35.9 Å². The lowest BCUT2D eigenvalue weighted by molar-refractivity contribution is 0.403. The van der Waals surface area contributed by atoms with Crippen molar-refractivity contribution in [3.63, 3.8) is 0 Å². The fraction of sp³-hybridized carbons (Fsp3) is 0. The Morgan fingerprint density at radius 2 is 1.79 bits per heavy atom. The van der Waals surface area contributed by atoms with Crippen LogP contribution in [0.15, 0.2) is 46.9 Å². The SMILES string of the molecule is Oc1ccc(/C=C/c2nc3ccccc3o2)cc1O. The zero-order chi connectivity index (χ0) is 13.2. The van der Waals surface area contributed by atoms with Crippen LogP contribution < -0.4 is 0 Å². The predicted octanol–water partition coefficient (Wildman–Crippen LogP) is 3.41. The molecule has 0 fully saturated rings. The molecule has 0 saturated carbocycles. The van der Waals surface area contributed by atoms with Crippen molar-refractivity contribution in [3.8, 4) is 11.5 Å². The van der Waals surface area contributed by atoms with Crippen LogP contribution >= 0.6 is 0 Å². The van der Waals surface area contributed by atoms with E-state index in [1.54, 1.807) is 18.2 Å². The number of oxazole rings is 1. The van der Waals surface area contributed by atoms with Crippen LogP contribution in [0.25, 0.3) is 23.3 Å². The molecule has 0 unspecified atom stereocenters. The number of phenols is 2. The molecule has 4 heteroatoms. The van der Waals surface area contributed by atoms with Gasteiger partial charge in [0.1, 0.15) is 5.52 Å². The number of nitrogens with zero attached hydrogens (tertiary/aromatic N) is 1. The van der Waals surface area contributed by atoms with Crippen molar-refractivity contribution in [3.05, 3.63) is 53.9 Å². The lowest BCUT2D eigenvalue weighted by atomic mass is 10.2. The summed E-state index contributed by atoms with van der Waals surface area (Å²) in [4.78, 5) is 4.30. The van der Waals surface area contributed by atoms with Gasteiger partial charge in [0.25, 0.3) is 0 Å². The van der Waals surface area contributed by atoms with Crippen LogP contribution in [0.1, 0.15) is 11.5 Å². The molecule has 3 aromatic rings. The van der Waals surface area contributed by atoms with Crippen molar-refractivity contribution in [1.82, 2.24) is 4.98 Å². The summed E-state index contributed by atoms with van der Waals surface area (Å²) in [5, 5.41) is 18.6. The van der Waals surface area contributed by atoms with Crippen LogP contribution in [0, 0.1) is 0 Å². The van der Waals surface area contributed by atoms with Crippen molar-refractivity contribution in [2.75, 3.05) is 0 Å². The van der Waals surface area contributed by atoms with Crippen molar-refractivity contribution < 1.29 is 14.6 Å². The zero-order valence-electron chi connectivity index (χ0n) is 9.95. The molecule has 0 aliphatic heterocycles. The molecule has 0 aliphatic rings. The van der Waals surface area contributed by atoms with Crippen LogP contribution in [0.5, 0.6) is 11.5 Å². The van der Waals surface area contributed by atoms with Crippen LogP contribution in [0.3, 0.4) is 0 Å². The largest absolute Gasteiger partial charge is 0.504 e. The number of hydrogen-bond donors (Lipinski definition) is 2. The van der Waals surface area contributed by atoms with Crippen LogP contribution in [0.2, 0.25) is 0 Å². The molecule has 3 rings (SSSR count). The summed E-state index contributed by atoms with van der Waals surface area (Å²) in [6.07, 6.45) is 3.47. The van der Waals surface area contributed by atoms with Gasteiger partial charge in [-0.3, -0.25) is 0 Å². The van der Waals surface area contributed by atoms with E-state index in [-0.39, 0.29) is 11.5 Å². The highest BCUT2D eigenvalue weighted by Crippen LogP contribution is 2.26. The first-order valence-electron chi connectivity index (χ1n) is 5.78. The molecule has 1 heterocycles. The van der Waals surface area contributed by atoms with Crippen LogP contribution in [-0.4, -0.2) is 15.2 Å². The summed E-state index contributed by atoms with van der Waals surface area (Å²) >= 11 is 0. The van der Waals surface area contributed by atoms with Crippen molar-refractivity contribution in [1.29, 1.82) is 0 Å². The van der Waals surface area contributed by atoms with Crippen molar-refractivity contribution in [2.24, 2.45) is 0 Å². The third-order valence-corrected chi connectivity index (χ3v) is 2.73. The normalized spacial score (nSPS) is 11.4. The van der Waals surface area contributed by atoms with Gasteiger partial charge in [0.05, 0.1) is 0 Å². The zero-order valence-corrected chi connectivity index (χ0v) is 9.95. The van der Waals surface area contributed by atoms with E-state index in [4.69, 9.17) is 4.42 Å². The van der Waals surface area contributed by atoms with Gasteiger partial charge in [-0.2, -0.15) is 0 Å². The Balaban J connectivity index is 1.91. The van der Waals surface area contributed by atoms with E-state index < -0.39 is 0 Å². The molecule has 0 bridgehead atoms. The molecule has 4 nitrogen and oxygen atoms in total. The highest BCUT2D eigenvalue weighted by molar-refractivity contribution is 5.76. The van der Waals surface area contributed by atoms with E-state index in [1.807, 2.05) is 24.3 Å². The molecule has 1 aromatic heterocycles. The quantitative estimate of drug-likeness (QED) is 0.687. The van der Waals surface area contributed by atoms with E-state index in [0.717, 1.165) is 16.7 Å². The fourth-order valence-electron chi connectivity index (χ4n) is 1.77. The van der Waals surface area contributed by atoms with Crippen LogP contribution in [-0.2, 0) is 0 Å². The molecule has 0 spiro atoms. The topological polar surface area (TPSA) is 66.5 Å². The average Bonchev–Trinajstić information content (AvgIpc) is 2.83. The van der Waals surface area contributed by atoms with Gasteiger partial charge in [-0.25, -0.2) is 4.98 Å². The van der Waals surface area contributed by atoms with Gasteiger partial charge < -0.3 is 14.6 Å². The Morgan fingerprint density at radius 1 is 0.947 bits per heavy atom. The molecule has 94 valence electrons. The van der Waals surface area contributed by atoms with E-state index in [1.165, 1.54) is 12.1 Å². The maximum absolute atomic E-state index is 9.39. The maximum Gasteiger partial charge on any atom is 0.220 e. The predicted molar refractivity (Wildman–Crippen MR) is 72.7 cm³/mol. The highest BCUT2D eigenvalue weighted by atomic mass is 16.3. The van der Waals surface area contributed by atoms with Gasteiger partial charge in [0, 0.05) is 6.08 Å². The molecular weight excluding hydrogens is 242 g/mol. The second-order valence-electron chi connectivity index (χ2n) is 4.10. The molecule has 2 aromatic carbocycles. The van der Waals surface area contributed by atoms with E-state index in [2.05, 4.69) is 4.98 Å². The molecule has 0 amide bonds. The molecular formula is C15H11NO3. The number of aromatic nitrogens is 1. The fourth-order valence-corrected chi connectivity index (χ4v) is 1.77. The van der Waals surface area contributed by atoms with E-state index in [0.29, 0.717) is 5.89 Å². The molecule has 0 radical (unpaired) electrons. The summed E-state index contributed by atoms with van der Waals surface area (Å²) in [7, 11) is 0. The Bertz CT molecular complexity index is 726. The summed E-state index contributed by atoms with van der Waals surface area (Å²) in [5.74, 6) is 0.201. The standard InChI is InChI=1S/C15H11NO3/c17-12-7-5-10(9-13(12)18)6-8-15-16-11-3-1-2-4-14(11)19-15/h1-9,17-18H/b8-6+. The number of hydrogen-bond acceptors (Lipinski definition) is 4. The monoisotopic (exact) mass is 253 g/mol. The number of rotatable bonds is 2. The smallest absolute Gasteiger partial charge is 0.220 e. The van der Waals surface area contributed by atoms with Gasteiger partial charge in [0.2, 0.25) is 5.89 Å². The molecule has 0 aliphatic carbocycles. The minimum Gasteiger partial charge on any atom is -0.504 e. The van der Waals surface area contributed by atoms with Gasteiger partial charge in [0.15, 0.2) is 17.1 Å². The second kappa shape index (κ2) is 4.49. The molecule has 0 saturated heterocycles. The minimum atomic E-state index is -0.153. The number of benzene rings is 2. The summed E-state index contributed by atoms with van der Waals surface area (Å²) < 4.78 is 5.53. The van der Waals surface area contributed by atoms with Crippen molar-refractivity contribution >= 4 is 23.3 Å². The number of fused-ring (bicyclic) bond motifs is 1. The summed E-state index contributed by atoms with van der Waals surface area (Å²) in [6.45, 7) is 0. The first-order valence-corrected chi connectivity index (χ1v) is 5.78. The van der Waals surface area contributed by atoms with Crippen molar-refractivity contribution in [2.45, 2.75) is 0 Å². The number of para-hydroxylation sites is 2. The minimum absolute atomic E-state index is 0.140. The number of aromatic hydroxyl groups is 2. The van der Waals surface area contributed by atoms with E-state index in [9.17, 15) is 10.2 Å². The third kappa shape index (κ3) is 2.28.